The molecule has 1 aromatic rings. The zero-order chi connectivity index (χ0) is 12.3. The second-order valence-electron chi connectivity index (χ2n) is 4.95. The first-order valence-corrected chi connectivity index (χ1v) is 5.85. The van der Waals surface area contributed by atoms with Gasteiger partial charge in [-0.25, -0.2) is 9.97 Å². The maximum atomic E-state index is 12.0. The summed E-state index contributed by atoms with van der Waals surface area (Å²) in [5, 5.41) is 3.09. The number of rotatable bonds is 2. The number of hydrogen-bond acceptors (Lipinski definition) is 4. The van der Waals surface area contributed by atoms with Crippen LogP contribution in [0.2, 0.25) is 0 Å². The van der Waals surface area contributed by atoms with Crippen LogP contribution in [-0.2, 0) is 0 Å². The topological polar surface area (TPSA) is 58.1 Å². The summed E-state index contributed by atoms with van der Waals surface area (Å²) in [5.74, 6) is -0.0855. The minimum atomic E-state index is -0.112. The highest BCUT2D eigenvalue weighted by Gasteiger charge is 2.30. The largest absolute Gasteiger partial charge is 0.347 e. The Balaban J connectivity index is 1.99. The summed E-state index contributed by atoms with van der Waals surface area (Å²) < 4.78 is 0. The second kappa shape index (κ2) is 4.79. The summed E-state index contributed by atoms with van der Waals surface area (Å²) in [6, 6.07) is 0. The molecule has 92 valence electrons. The maximum Gasteiger partial charge on any atom is 0.254 e. The third-order valence-electron chi connectivity index (χ3n) is 3.33. The molecule has 0 spiro atoms. The Hall–Kier alpha value is -1.49. The molecule has 5 nitrogen and oxygen atoms in total. The maximum absolute atomic E-state index is 12.0. The predicted octanol–water partition coefficient (Wildman–Crippen LogP) is 0.691. The Labute approximate surface area is 101 Å². The van der Waals surface area contributed by atoms with Gasteiger partial charge in [0.25, 0.3) is 5.91 Å². The summed E-state index contributed by atoms with van der Waals surface area (Å²) >= 11 is 0. The summed E-state index contributed by atoms with van der Waals surface area (Å²) in [7, 11) is 2.10. The third kappa shape index (κ3) is 3.00. The summed E-state index contributed by atoms with van der Waals surface area (Å²) in [6.45, 7) is 4.13. The standard InChI is InChI=1S/C12H18N4O/c1-12(3-5-16(2)6-4-12)15-11(17)10-7-13-9-14-8-10/h7-9H,3-6H2,1-2H3,(H,15,17). The van der Waals surface area contributed by atoms with Gasteiger partial charge in [0.15, 0.2) is 0 Å². The van der Waals surface area contributed by atoms with Crippen molar-refractivity contribution >= 4 is 5.91 Å². The highest BCUT2D eigenvalue weighted by Crippen LogP contribution is 2.21. The van der Waals surface area contributed by atoms with Crippen LogP contribution in [0.25, 0.3) is 0 Å². The van der Waals surface area contributed by atoms with Crippen LogP contribution < -0.4 is 5.32 Å². The molecule has 2 rings (SSSR count). The lowest BCUT2D eigenvalue weighted by molar-refractivity contribution is 0.0851. The van der Waals surface area contributed by atoms with Gasteiger partial charge in [-0.1, -0.05) is 0 Å². The van der Waals surface area contributed by atoms with Crippen LogP contribution >= 0.6 is 0 Å². The normalized spacial score (nSPS) is 19.9. The van der Waals surface area contributed by atoms with Crippen LogP contribution in [0.15, 0.2) is 18.7 Å². The van der Waals surface area contributed by atoms with Crippen LogP contribution in [-0.4, -0.2) is 46.5 Å². The van der Waals surface area contributed by atoms with Gasteiger partial charge in [0, 0.05) is 31.0 Å². The number of nitrogens with one attached hydrogen (secondary N) is 1. The van der Waals surface area contributed by atoms with Gasteiger partial charge < -0.3 is 10.2 Å². The Morgan fingerprint density at radius 3 is 2.53 bits per heavy atom. The molecule has 1 aliphatic rings. The van der Waals surface area contributed by atoms with E-state index in [0.717, 1.165) is 25.9 Å². The van der Waals surface area contributed by atoms with E-state index in [0.29, 0.717) is 5.56 Å². The molecule has 1 N–H and O–H groups in total. The van der Waals surface area contributed by atoms with Crippen molar-refractivity contribution in [3.8, 4) is 0 Å². The summed E-state index contributed by atoms with van der Waals surface area (Å²) in [6.07, 6.45) is 6.46. The Morgan fingerprint density at radius 1 is 1.35 bits per heavy atom. The zero-order valence-electron chi connectivity index (χ0n) is 10.3. The Bertz CT molecular complexity index is 385. The number of likely N-dealkylation sites (tertiary alicyclic amines) is 1. The smallest absolute Gasteiger partial charge is 0.254 e. The van der Waals surface area contributed by atoms with Crippen LogP contribution in [0.4, 0.5) is 0 Å². The minimum Gasteiger partial charge on any atom is -0.347 e. The number of aromatic nitrogens is 2. The van der Waals surface area contributed by atoms with E-state index < -0.39 is 0 Å². The lowest BCUT2D eigenvalue weighted by Gasteiger charge is -2.38. The molecule has 0 aliphatic carbocycles. The fourth-order valence-corrected chi connectivity index (χ4v) is 2.00. The highest BCUT2D eigenvalue weighted by atomic mass is 16.1. The van der Waals surface area contributed by atoms with E-state index in [2.05, 4.69) is 34.2 Å². The van der Waals surface area contributed by atoms with Gasteiger partial charge in [0.2, 0.25) is 0 Å². The molecule has 0 atom stereocenters. The molecule has 1 saturated heterocycles. The van der Waals surface area contributed by atoms with Gasteiger partial charge in [-0.2, -0.15) is 0 Å². The molecular weight excluding hydrogens is 216 g/mol. The molecular formula is C12H18N4O. The third-order valence-corrected chi connectivity index (χ3v) is 3.33. The molecule has 5 heteroatoms. The van der Waals surface area contributed by atoms with E-state index >= 15 is 0 Å². The van der Waals surface area contributed by atoms with Gasteiger partial charge in [-0.3, -0.25) is 4.79 Å². The summed E-state index contributed by atoms with van der Waals surface area (Å²) in [5.41, 5.74) is 0.409. The number of hydrogen-bond donors (Lipinski definition) is 1. The molecule has 0 radical (unpaired) electrons. The van der Waals surface area contributed by atoms with Gasteiger partial charge >= 0.3 is 0 Å². The van der Waals surface area contributed by atoms with Crippen molar-refractivity contribution in [2.24, 2.45) is 0 Å². The average molecular weight is 234 g/mol. The van der Waals surface area contributed by atoms with E-state index in [9.17, 15) is 4.79 Å². The number of amides is 1. The van der Waals surface area contributed by atoms with E-state index in [1.165, 1.54) is 6.33 Å². The van der Waals surface area contributed by atoms with Crippen molar-refractivity contribution in [2.75, 3.05) is 20.1 Å². The SMILES string of the molecule is CN1CCC(C)(NC(=O)c2cncnc2)CC1. The van der Waals surface area contributed by atoms with Crippen molar-refractivity contribution in [2.45, 2.75) is 25.3 Å². The zero-order valence-corrected chi connectivity index (χ0v) is 10.3. The first kappa shape index (κ1) is 12.0. The number of nitrogens with zero attached hydrogens (tertiary/aromatic N) is 3. The number of carbonyl (C=O) groups excluding carboxylic acids is 1. The van der Waals surface area contributed by atoms with Gasteiger partial charge in [0.05, 0.1) is 5.56 Å². The molecule has 1 amide bonds. The van der Waals surface area contributed by atoms with Crippen molar-refractivity contribution in [1.29, 1.82) is 0 Å². The second-order valence-corrected chi connectivity index (χ2v) is 4.95. The van der Waals surface area contributed by atoms with Gasteiger partial charge in [0.1, 0.15) is 6.33 Å². The number of piperidine rings is 1. The number of carbonyl (C=O) groups is 1. The molecule has 0 aromatic carbocycles. The molecule has 0 bridgehead atoms. The van der Waals surface area contributed by atoms with E-state index in [1.54, 1.807) is 12.4 Å². The minimum absolute atomic E-state index is 0.0855. The first-order valence-electron chi connectivity index (χ1n) is 5.85. The van der Waals surface area contributed by atoms with Crippen molar-refractivity contribution in [1.82, 2.24) is 20.2 Å². The molecule has 17 heavy (non-hydrogen) atoms. The van der Waals surface area contributed by atoms with Crippen molar-refractivity contribution in [3.63, 3.8) is 0 Å². The molecule has 1 aromatic heterocycles. The Morgan fingerprint density at radius 2 is 1.94 bits per heavy atom. The van der Waals surface area contributed by atoms with Gasteiger partial charge in [-0.05, 0) is 26.8 Å². The molecule has 0 saturated carbocycles. The fourth-order valence-electron chi connectivity index (χ4n) is 2.00. The molecule has 1 fully saturated rings. The quantitative estimate of drug-likeness (QED) is 0.818. The molecule has 0 unspecified atom stereocenters. The van der Waals surface area contributed by atoms with Crippen LogP contribution in [0.3, 0.4) is 0 Å². The Kier molecular flexibility index (Phi) is 3.38. The lowest BCUT2D eigenvalue weighted by atomic mass is 9.89. The fraction of sp³-hybridized carbons (Fsp3) is 0.583. The van der Waals surface area contributed by atoms with Crippen LogP contribution in [0.5, 0.6) is 0 Å². The highest BCUT2D eigenvalue weighted by molar-refractivity contribution is 5.94. The van der Waals surface area contributed by atoms with Crippen LogP contribution in [0.1, 0.15) is 30.1 Å². The molecule has 2 heterocycles. The van der Waals surface area contributed by atoms with Crippen molar-refractivity contribution in [3.05, 3.63) is 24.3 Å². The lowest BCUT2D eigenvalue weighted by Crippen LogP contribution is -2.52. The van der Waals surface area contributed by atoms with Crippen molar-refractivity contribution < 1.29 is 4.79 Å². The molecule has 1 aliphatic heterocycles. The van der Waals surface area contributed by atoms with E-state index in [1.807, 2.05) is 0 Å². The predicted molar refractivity (Wildman–Crippen MR) is 64.6 cm³/mol. The first-order chi connectivity index (χ1) is 8.09. The van der Waals surface area contributed by atoms with Gasteiger partial charge in [-0.15, -0.1) is 0 Å². The van der Waals surface area contributed by atoms with E-state index in [-0.39, 0.29) is 11.4 Å². The summed E-state index contributed by atoms with van der Waals surface area (Å²) in [4.78, 5) is 22.0. The monoisotopic (exact) mass is 234 g/mol. The average Bonchev–Trinajstić information content (AvgIpc) is 2.34. The van der Waals surface area contributed by atoms with E-state index in [4.69, 9.17) is 0 Å². The van der Waals surface area contributed by atoms with Crippen LogP contribution in [0, 0.1) is 0 Å².